The van der Waals surface area contributed by atoms with Crippen molar-refractivity contribution in [1.29, 1.82) is 0 Å². The van der Waals surface area contributed by atoms with Crippen molar-refractivity contribution in [3.8, 4) is 0 Å². The van der Waals surface area contributed by atoms with E-state index in [-0.39, 0.29) is 23.4 Å². The van der Waals surface area contributed by atoms with E-state index in [4.69, 9.17) is 4.98 Å². The molecule has 0 aliphatic heterocycles. The van der Waals surface area contributed by atoms with Gasteiger partial charge in [-0.1, -0.05) is 19.1 Å². The molecule has 1 N–H and O–H groups in total. The molecule has 1 unspecified atom stereocenters. The first kappa shape index (κ1) is 20.3. The van der Waals surface area contributed by atoms with Crippen LogP contribution in [-0.4, -0.2) is 31.8 Å². The largest absolute Gasteiger partial charge is 0.356 e. The van der Waals surface area contributed by atoms with Gasteiger partial charge in [-0.05, 0) is 50.8 Å². The van der Waals surface area contributed by atoms with E-state index < -0.39 is 0 Å². The molecule has 7 nitrogen and oxygen atoms in total. The third-order valence-corrected chi connectivity index (χ3v) is 5.60. The van der Waals surface area contributed by atoms with Gasteiger partial charge in [0.05, 0.1) is 16.6 Å². The minimum Gasteiger partial charge on any atom is -0.356 e. The zero-order valence-corrected chi connectivity index (χ0v) is 17.9. The summed E-state index contributed by atoms with van der Waals surface area (Å²) >= 11 is 0. The predicted molar refractivity (Wildman–Crippen MR) is 116 cm³/mol. The zero-order valence-electron chi connectivity index (χ0n) is 17.9. The topological polar surface area (TPSA) is 81.8 Å². The lowest BCUT2D eigenvalue weighted by Gasteiger charge is -2.15. The number of fused-ring (bicyclic) bond motifs is 1. The van der Waals surface area contributed by atoms with Crippen molar-refractivity contribution in [2.24, 2.45) is 5.92 Å². The Morgan fingerprint density at radius 3 is 2.73 bits per heavy atom. The van der Waals surface area contributed by atoms with E-state index >= 15 is 0 Å². The molecule has 2 aromatic heterocycles. The van der Waals surface area contributed by atoms with E-state index in [1.54, 1.807) is 4.57 Å². The molecule has 30 heavy (non-hydrogen) atoms. The summed E-state index contributed by atoms with van der Waals surface area (Å²) in [6.07, 6.45) is 2.80. The van der Waals surface area contributed by atoms with Crippen LogP contribution in [0, 0.1) is 19.8 Å². The van der Waals surface area contributed by atoms with Crippen LogP contribution in [0.1, 0.15) is 49.4 Å². The standard InChI is InChI=1S/C23H29N5O2/c1-15(14-27-17(3)12-16(2)26-27)13-24-22(29)11-10-21-25-20-7-5-4-6-19(20)23(30)28(21)18-8-9-18/h4-7,12,15,18H,8-11,13-14H2,1-3H3,(H,24,29). The highest BCUT2D eigenvalue weighted by atomic mass is 16.1. The van der Waals surface area contributed by atoms with Crippen LogP contribution in [-0.2, 0) is 17.8 Å². The lowest BCUT2D eigenvalue weighted by atomic mass is 10.1. The molecule has 1 fully saturated rings. The van der Waals surface area contributed by atoms with E-state index in [1.807, 2.05) is 42.8 Å². The highest BCUT2D eigenvalue weighted by Crippen LogP contribution is 2.34. The van der Waals surface area contributed by atoms with Crippen molar-refractivity contribution in [1.82, 2.24) is 24.6 Å². The number of para-hydroxylation sites is 1. The van der Waals surface area contributed by atoms with Gasteiger partial charge >= 0.3 is 0 Å². The predicted octanol–water partition coefficient (Wildman–Crippen LogP) is 2.93. The average Bonchev–Trinajstić information content (AvgIpc) is 3.50. The van der Waals surface area contributed by atoms with Crippen molar-refractivity contribution < 1.29 is 4.79 Å². The van der Waals surface area contributed by atoms with E-state index in [1.165, 1.54) is 0 Å². The van der Waals surface area contributed by atoms with Gasteiger partial charge in [0.2, 0.25) is 5.91 Å². The SMILES string of the molecule is Cc1cc(C)n(CC(C)CNC(=O)CCc2nc3ccccc3c(=O)n2C2CC2)n1. The van der Waals surface area contributed by atoms with Crippen LogP contribution in [0.3, 0.4) is 0 Å². The van der Waals surface area contributed by atoms with Gasteiger partial charge in [0.15, 0.2) is 0 Å². The Kier molecular flexibility index (Phi) is 5.70. The molecule has 1 aliphatic rings. The lowest BCUT2D eigenvalue weighted by molar-refractivity contribution is -0.121. The molecule has 0 bridgehead atoms. The number of carbonyl (C=O) groups is 1. The number of aromatic nitrogens is 4. The maximum absolute atomic E-state index is 12.9. The molecule has 4 rings (SSSR count). The van der Waals surface area contributed by atoms with Crippen molar-refractivity contribution in [2.75, 3.05) is 6.54 Å². The van der Waals surface area contributed by atoms with Crippen LogP contribution in [0.5, 0.6) is 0 Å². The fourth-order valence-corrected chi connectivity index (χ4v) is 3.90. The van der Waals surface area contributed by atoms with Crippen molar-refractivity contribution in [3.63, 3.8) is 0 Å². The van der Waals surface area contributed by atoms with Crippen LogP contribution >= 0.6 is 0 Å². The molecule has 1 amide bonds. The molecule has 158 valence electrons. The summed E-state index contributed by atoms with van der Waals surface area (Å²) < 4.78 is 3.79. The Balaban J connectivity index is 1.37. The van der Waals surface area contributed by atoms with Crippen molar-refractivity contribution in [3.05, 3.63) is 57.9 Å². The number of carbonyl (C=O) groups excluding carboxylic acids is 1. The second-order valence-corrected chi connectivity index (χ2v) is 8.47. The number of amides is 1. The molecule has 0 spiro atoms. The van der Waals surface area contributed by atoms with Crippen LogP contribution in [0.4, 0.5) is 0 Å². The zero-order chi connectivity index (χ0) is 21.3. The first-order valence-electron chi connectivity index (χ1n) is 10.7. The number of hydrogen-bond donors (Lipinski definition) is 1. The van der Waals surface area contributed by atoms with E-state index in [0.29, 0.717) is 36.1 Å². The number of nitrogens with one attached hydrogen (secondary N) is 1. The summed E-state index contributed by atoms with van der Waals surface area (Å²) in [6, 6.07) is 9.72. The van der Waals surface area contributed by atoms with Gasteiger partial charge in [0, 0.05) is 37.7 Å². The fraction of sp³-hybridized carbons (Fsp3) is 0.478. The highest BCUT2D eigenvalue weighted by Gasteiger charge is 2.28. The Morgan fingerprint density at radius 1 is 1.27 bits per heavy atom. The lowest BCUT2D eigenvalue weighted by Crippen LogP contribution is -2.31. The molecular formula is C23H29N5O2. The van der Waals surface area contributed by atoms with Gasteiger partial charge in [0.1, 0.15) is 5.82 Å². The van der Waals surface area contributed by atoms with Crippen LogP contribution in [0.15, 0.2) is 35.1 Å². The number of rotatable bonds is 8. The molecular weight excluding hydrogens is 378 g/mol. The summed E-state index contributed by atoms with van der Waals surface area (Å²) in [6.45, 7) is 7.50. The highest BCUT2D eigenvalue weighted by molar-refractivity contribution is 5.78. The molecule has 1 aliphatic carbocycles. The molecule has 7 heteroatoms. The Bertz CT molecular complexity index is 1130. The second kappa shape index (κ2) is 8.42. The summed E-state index contributed by atoms with van der Waals surface area (Å²) in [5.41, 5.74) is 2.85. The maximum Gasteiger partial charge on any atom is 0.261 e. The molecule has 3 aromatic rings. The van der Waals surface area contributed by atoms with E-state index in [0.717, 1.165) is 30.8 Å². The molecule has 1 aromatic carbocycles. The molecule has 0 radical (unpaired) electrons. The number of nitrogens with zero attached hydrogens (tertiary/aromatic N) is 4. The molecule has 2 heterocycles. The van der Waals surface area contributed by atoms with Crippen LogP contribution in [0.25, 0.3) is 10.9 Å². The van der Waals surface area contributed by atoms with E-state index in [9.17, 15) is 9.59 Å². The minimum absolute atomic E-state index is 0.0111. The number of aryl methyl sites for hydroxylation is 3. The fourth-order valence-electron chi connectivity index (χ4n) is 3.90. The first-order valence-corrected chi connectivity index (χ1v) is 10.7. The summed E-state index contributed by atoms with van der Waals surface area (Å²) in [5, 5.41) is 8.15. The van der Waals surface area contributed by atoms with E-state index in [2.05, 4.69) is 23.4 Å². The minimum atomic E-state index is -0.0139. The van der Waals surface area contributed by atoms with Crippen LogP contribution in [0.2, 0.25) is 0 Å². The molecule has 1 saturated carbocycles. The second-order valence-electron chi connectivity index (χ2n) is 8.47. The molecule has 1 atom stereocenters. The Hall–Kier alpha value is -2.96. The Morgan fingerprint density at radius 2 is 2.03 bits per heavy atom. The number of hydrogen-bond acceptors (Lipinski definition) is 4. The van der Waals surface area contributed by atoms with Crippen molar-refractivity contribution in [2.45, 2.75) is 59.0 Å². The van der Waals surface area contributed by atoms with Gasteiger partial charge in [-0.2, -0.15) is 5.10 Å². The third-order valence-electron chi connectivity index (χ3n) is 5.60. The summed E-state index contributed by atoms with van der Waals surface area (Å²) in [5.74, 6) is 0.974. The molecule has 0 saturated heterocycles. The smallest absolute Gasteiger partial charge is 0.261 e. The monoisotopic (exact) mass is 407 g/mol. The maximum atomic E-state index is 12.9. The average molecular weight is 408 g/mol. The van der Waals surface area contributed by atoms with Crippen molar-refractivity contribution >= 4 is 16.8 Å². The van der Waals surface area contributed by atoms with Gasteiger partial charge in [0.25, 0.3) is 5.56 Å². The van der Waals surface area contributed by atoms with Gasteiger partial charge in [-0.3, -0.25) is 18.8 Å². The quantitative estimate of drug-likeness (QED) is 0.622. The van der Waals surface area contributed by atoms with Gasteiger partial charge in [-0.25, -0.2) is 4.98 Å². The number of benzene rings is 1. The van der Waals surface area contributed by atoms with Gasteiger partial charge in [-0.15, -0.1) is 0 Å². The first-order chi connectivity index (χ1) is 14.4. The summed E-state index contributed by atoms with van der Waals surface area (Å²) in [7, 11) is 0. The Labute approximate surface area is 176 Å². The summed E-state index contributed by atoms with van der Waals surface area (Å²) in [4.78, 5) is 30.1. The normalized spacial score (nSPS) is 14.8. The third kappa shape index (κ3) is 4.45. The van der Waals surface area contributed by atoms with Gasteiger partial charge < -0.3 is 5.32 Å². The van der Waals surface area contributed by atoms with Crippen LogP contribution < -0.4 is 10.9 Å².